The molecule has 0 radical (unpaired) electrons. The van der Waals surface area contributed by atoms with Gasteiger partial charge in [0.15, 0.2) is 0 Å². The summed E-state index contributed by atoms with van der Waals surface area (Å²) >= 11 is 1.74. The van der Waals surface area contributed by atoms with Crippen molar-refractivity contribution in [1.82, 2.24) is 5.32 Å². The Morgan fingerprint density at radius 1 is 1.71 bits per heavy atom. The predicted molar refractivity (Wildman–Crippen MR) is 59.4 cm³/mol. The molecule has 1 heterocycles. The number of hydrogen-bond donors (Lipinski definition) is 2. The van der Waals surface area contributed by atoms with Gasteiger partial charge in [-0.05, 0) is 38.9 Å². The molecule has 14 heavy (non-hydrogen) atoms. The maximum atomic E-state index is 11.7. The van der Waals surface area contributed by atoms with Gasteiger partial charge in [0.2, 0.25) is 5.91 Å². The molecule has 0 aliphatic carbocycles. The molecule has 2 N–H and O–H groups in total. The quantitative estimate of drug-likeness (QED) is 0.743. The van der Waals surface area contributed by atoms with Gasteiger partial charge in [0.05, 0.1) is 10.9 Å². The van der Waals surface area contributed by atoms with Crippen LogP contribution in [-0.2, 0) is 4.79 Å². The van der Waals surface area contributed by atoms with Crippen molar-refractivity contribution in [3.63, 3.8) is 0 Å². The zero-order valence-corrected chi connectivity index (χ0v) is 9.69. The van der Waals surface area contributed by atoms with Crippen LogP contribution in [0.5, 0.6) is 0 Å². The van der Waals surface area contributed by atoms with Gasteiger partial charge < -0.3 is 10.4 Å². The summed E-state index contributed by atoms with van der Waals surface area (Å²) in [6.07, 6.45) is 2.40. The summed E-state index contributed by atoms with van der Waals surface area (Å²) in [6.45, 7) is 4.31. The van der Waals surface area contributed by atoms with E-state index in [9.17, 15) is 4.79 Å². The van der Waals surface area contributed by atoms with Crippen LogP contribution in [0.15, 0.2) is 0 Å². The molecule has 0 aromatic carbocycles. The van der Waals surface area contributed by atoms with Gasteiger partial charge in [-0.1, -0.05) is 0 Å². The van der Waals surface area contributed by atoms with E-state index in [1.54, 1.807) is 18.7 Å². The van der Waals surface area contributed by atoms with Crippen molar-refractivity contribution < 1.29 is 9.90 Å². The minimum Gasteiger partial charge on any atom is -0.393 e. The number of thioether (sulfide) groups is 1. The number of rotatable bonds is 4. The molecule has 0 aromatic heterocycles. The number of carbonyl (C=O) groups is 1. The maximum absolute atomic E-state index is 11.7. The SMILES string of the molecule is CC(O)CCNC(=O)C1(C)CCCS1. The molecule has 1 amide bonds. The van der Waals surface area contributed by atoms with Gasteiger partial charge in [0.25, 0.3) is 0 Å². The summed E-state index contributed by atoms with van der Waals surface area (Å²) < 4.78 is -0.224. The molecule has 4 heteroatoms. The second kappa shape index (κ2) is 5.03. The lowest BCUT2D eigenvalue weighted by Gasteiger charge is -2.21. The summed E-state index contributed by atoms with van der Waals surface area (Å²) in [5, 5.41) is 11.9. The highest BCUT2D eigenvalue weighted by Crippen LogP contribution is 2.37. The van der Waals surface area contributed by atoms with Gasteiger partial charge in [-0.2, -0.15) is 0 Å². The van der Waals surface area contributed by atoms with E-state index < -0.39 is 0 Å². The van der Waals surface area contributed by atoms with Crippen molar-refractivity contribution in [3.8, 4) is 0 Å². The fourth-order valence-electron chi connectivity index (χ4n) is 1.54. The van der Waals surface area contributed by atoms with Crippen molar-refractivity contribution in [1.29, 1.82) is 0 Å². The minimum absolute atomic E-state index is 0.126. The third-order valence-electron chi connectivity index (χ3n) is 2.55. The van der Waals surface area contributed by atoms with Crippen LogP contribution in [0.1, 0.15) is 33.1 Å². The average molecular weight is 217 g/mol. The first-order valence-corrected chi connectivity index (χ1v) is 6.13. The van der Waals surface area contributed by atoms with Crippen LogP contribution >= 0.6 is 11.8 Å². The van der Waals surface area contributed by atoms with Gasteiger partial charge in [-0.3, -0.25) is 4.79 Å². The first-order chi connectivity index (χ1) is 6.54. The number of hydrogen-bond acceptors (Lipinski definition) is 3. The fourth-order valence-corrected chi connectivity index (χ4v) is 2.77. The Hall–Kier alpha value is -0.220. The van der Waals surface area contributed by atoms with Crippen LogP contribution in [0.25, 0.3) is 0 Å². The van der Waals surface area contributed by atoms with Crippen LogP contribution in [0.2, 0.25) is 0 Å². The summed E-state index contributed by atoms with van der Waals surface area (Å²) in [6, 6.07) is 0. The summed E-state index contributed by atoms with van der Waals surface area (Å²) in [7, 11) is 0. The highest BCUT2D eigenvalue weighted by atomic mass is 32.2. The largest absolute Gasteiger partial charge is 0.393 e. The summed E-state index contributed by atoms with van der Waals surface area (Å²) in [4.78, 5) is 11.7. The third kappa shape index (κ3) is 3.17. The van der Waals surface area contributed by atoms with E-state index in [4.69, 9.17) is 5.11 Å². The van der Waals surface area contributed by atoms with Crippen molar-refractivity contribution in [2.45, 2.75) is 44.0 Å². The molecular formula is C10H19NO2S. The van der Waals surface area contributed by atoms with E-state index in [0.29, 0.717) is 13.0 Å². The van der Waals surface area contributed by atoms with Gasteiger partial charge in [-0.15, -0.1) is 11.8 Å². The Morgan fingerprint density at radius 3 is 2.93 bits per heavy atom. The second-order valence-corrected chi connectivity index (χ2v) is 5.67. The van der Waals surface area contributed by atoms with E-state index >= 15 is 0 Å². The second-order valence-electron chi connectivity index (χ2n) is 4.08. The maximum Gasteiger partial charge on any atom is 0.235 e. The fraction of sp³-hybridized carbons (Fsp3) is 0.900. The summed E-state index contributed by atoms with van der Waals surface area (Å²) in [5.41, 5.74) is 0. The highest BCUT2D eigenvalue weighted by molar-refractivity contribution is 8.01. The van der Waals surface area contributed by atoms with E-state index in [0.717, 1.165) is 18.6 Å². The molecule has 0 saturated carbocycles. The van der Waals surface area contributed by atoms with Crippen LogP contribution in [-0.4, -0.2) is 34.2 Å². The Balaban J connectivity index is 2.27. The van der Waals surface area contributed by atoms with Gasteiger partial charge in [0, 0.05) is 6.54 Å². The van der Waals surface area contributed by atoms with Crippen molar-refractivity contribution in [2.75, 3.05) is 12.3 Å². The lowest BCUT2D eigenvalue weighted by atomic mass is 10.0. The number of aliphatic hydroxyl groups excluding tert-OH is 1. The van der Waals surface area contributed by atoms with Crippen LogP contribution in [0.3, 0.4) is 0 Å². The minimum atomic E-state index is -0.334. The zero-order valence-electron chi connectivity index (χ0n) is 8.88. The molecule has 1 rings (SSSR count). The molecule has 1 aliphatic heterocycles. The van der Waals surface area contributed by atoms with Gasteiger partial charge >= 0.3 is 0 Å². The first kappa shape index (κ1) is 11.9. The Kier molecular flexibility index (Phi) is 4.26. The molecule has 1 saturated heterocycles. The van der Waals surface area contributed by atoms with Crippen molar-refractivity contribution >= 4 is 17.7 Å². The van der Waals surface area contributed by atoms with Crippen molar-refractivity contribution in [3.05, 3.63) is 0 Å². The summed E-state index contributed by atoms with van der Waals surface area (Å²) in [5.74, 6) is 1.21. The lowest BCUT2D eigenvalue weighted by molar-refractivity contribution is -0.123. The monoisotopic (exact) mass is 217 g/mol. The van der Waals surface area contributed by atoms with Gasteiger partial charge in [-0.25, -0.2) is 0 Å². The average Bonchev–Trinajstić information content (AvgIpc) is 2.52. The predicted octanol–water partition coefficient (Wildman–Crippen LogP) is 1.16. The van der Waals surface area contributed by atoms with E-state index in [1.165, 1.54) is 0 Å². The number of amides is 1. The standard InChI is InChI=1S/C10H19NO2S/c1-8(12)4-6-11-9(13)10(2)5-3-7-14-10/h8,12H,3-7H2,1-2H3,(H,11,13). The number of carbonyl (C=O) groups excluding carboxylic acids is 1. The molecule has 82 valence electrons. The Bertz CT molecular complexity index is 200. The normalized spacial score (nSPS) is 28.8. The van der Waals surface area contributed by atoms with Crippen molar-refractivity contribution in [2.24, 2.45) is 0 Å². The Morgan fingerprint density at radius 2 is 2.43 bits per heavy atom. The molecular weight excluding hydrogens is 198 g/mol. The molecule has 0 aromatic rings. The van der Waals surface area contributed by atoms with E-state index in [1.807, 2.05) is 6.92 Å². The van der Waals surface area contributed by atoms with Crippen LogP contribution in [0.4, 0.5) is 0 Å². The van der Waals surface area contributed by atoms with Gasteiger partial charge in [0.1, 0.15) is 0 Å². The topological polar surface area (TPSA) is 49.3 Å². The Labute approximate surface area is 89.6 Å². The number of aliphatic hydroxyl groups is 1. The lowest BCUT2D eigenvalue weighted by Crippen LogP contribution is -2.41. The molecule has 2 unspecified atom stereocenters. The van der Waals surface area contributed by atoms with Crippen LogP contribution in [0, 0.1) is 0 Å². The molecule has 0 bridgehead atoms. The third-order valence-corrected chi connectivity index (χ3v) is 4.07. The van der Waals surface area contributed by atoms with Crippen LogP contribution < -0.4 is 5.32 Å². The highest BCUT2D eigenvalue weighted by Gasteiger charge is 2.36. The van der Waals surface area contributed by atoms with E-state index in [2.05, 4.69) is 5.32 Å². The molecule has 1 aliphatic rings. The zero-order chi connectivity index (χ0) is 10.6. The smallest absolute Gasteiger partial charge is 0.235 e. The number of nitrogens with one attached hydrogen (secondary N) is 1. The molecule has 0 spiro atoms. The molecule has 3 nitrogen and oxygen atoms in total. The molecule has 2 atom stereocenters. The first-order valence-electron chi connectivity index (χ1n) is 5.15. The van der Waals surface area contributed by atoms with E-state index in [-0.39, 0.29) is 16.8 Å². The molecule has 1 fully saturated rings.